The lowest BCUT2D eigenvalue weighted by molar-refractivity contribution is -0.122. The molecule has 2 heterocycles. The van der Waals surface area contributed by atoms with Gasteiger partial charge in [-0.05, 0) is 44.4 Å². The van der Waals surface area contributed by atoms with Crippen LogP contribution in [-0.2, 0) is 4.79 Å². The monoisotopic (exact) mass is 447 g/mol. The molecule has 3 aromatic rings. The van der Waals surface area contributed by atoms with E-state index >= 15 is 0 Å². The normalized spacial score (nSPS) is 11.3. The minimum atomic E-state index is -0.250. The molecule has 3 rings (SSSR count). The smallest absolute Gasteiger partial charge is 0.290 e. The van der Waals surface area contributed by atoms with Crippen molar-refractivity contribution in [2.45, 2.75) is 26.8 Å². The van der Waals surface area contributed by atoms with Crippen molar-refractivity contribution in [1.29, 1.82) is 0 Å². The predicted molar refractivity (Wildman–Crippen MR) is 120 cm³/mol. The van der Waals surface area contributed by atoms with Gasteiger partial charge < -0.3 is 14.9 Å². The second-order valence-electron chi connectivity index (χ2n) is 6.75. The lowest BCUT2D eigenvalue weighted by Gasteiger charge is -2.24. The van der Waals surface area contributed by atoms with Gasteiger partial charge in [0.2, 0.25) is 5.95 Å². The van der Waals surface area contributed by atoms with Crippen molar-refractivity contribution < 1.29 is 14.7 Å². The first-order valence-corrected chi connectivity index (χ1v) is 10.7. The van der Waals surface area contributed by atoms with E-state index in [-0.39, 0.29) is 18.4 Å². The Labute approximate surface area is 184 Å². The molecule has 1 amide bonds. The molecule has 0 fully saturated rings. The molecule has 8 nitrogen and oxygen atoms in total. The van der Waals surface area contributed by atoms with Gasteiger partial charge in [0.05, 0.1) is 16.7 Å². The zero-order chi connectivity index (χ0) is 22.4. The number of carboxylic acid groups (broad SMARTS) is 1. The average molecular weight is 448 g/mol. The fourth-order valence-corrected chi connectivity index (χ4v) is 4.43. The summed E-state index contributed by atoms with van der Waals surface area (Å²) in [4.78, 5) is 35.3. The van der Waals surface area contributed by atoms with Gasteiger partial charge in [-0.1, -0.05) is 12.1 Å². The van der Waals surface area contributed by atoms with Crippen LogP contribution in [0.25, 0.3) is 10.6 Å². The molecule has 0 spiro atoms. The number of benzene rings is 1. The number of rotatable bonds is 5. The summed E-state index contributed by atoms with van der Waals surface area (Å²) in [6.45, 7) is 5.80. The summed E-state index contributed by atoms with van der Waals surface area (Å²) in [7, 11) is 5.64. The molecule has 0 saturated carbocycles. The summed E-state index contributed by atoms with van der Waals surface area (Å²) in [5.74, 6) is 0.638. The first kappa shape index (κ1) is 23.4. The molecule has 30 heavy (non-hydrogen) atoms. The molecule has 1 N–H and O–H groups in total. The van der Waals surface area contributed by atoms with Crippen molar-refractivity contribution in [2.24, 2.45) is 0 Å². The van der Waals surface area contributed by atoms with Crippen molar-refractivity contribution >= 4 is 41.2 Å². The van der Waals surface area contributed by atoms with Crippen LogP contribution >= 0.6 is 22.9 Å². The summed E-state index contributed by atoms with van der Waals surface area (Å²) in [5.41, 5.74) is 2.49. The highest BCUT2D eigenvalue weighted by Crippen LogP contribution is 2.29. The van der Waals surface area contributed by atoms with Crippen molar-refractivity contribution in [3.05, 3.63) is 45.4 Å². The molecule has 10 heteroatoms. The number of hydrogen-bond donors (Lipinski definition) is 1. The molecule has 0 aliphatic carbocycles. The maximum atomic E-state index is 13.0. The minimum absolute atomic E-state index is 0.0354. The number of carbonyl (C=O) groups is 2. The number of amides is 1. The van der Waals surface area contributed by atoms with Gasteiger partial charge in [-0.25, -0.2) is 4.98 Å². The molecule has 1 atom stereocenters. The zero-order valence-corrected chi connectivity index (χ0v) is 19.4. The topological polar surface area (TPSA) is 99.5 Å². The number of aryl methyl sites for hydroxylation is 2. The molecule has 0 aliphatic rings. The fraction of sp³-hybridized carbons (Fsp3) is 0.350. The fourth-order valence-electron chi connectivity index (χ4n) is 2.80. The quantitative estimate of drug-likeness (QED) is 0.593. The third-order valence-electron chi connectivity index (χ3n) is 4.41. The van der Waals surface area contributed by atoms with Crippen LogP contribution in [-0.4, -0.2) is 57.9 Å². The Bertz CT molecular complexity index is 1020. The van der Waals surface area contributed by atoms with Gasteiger partial charge in [0.15, 0.2) is 0 Å². The number of nitrogens with zero attached hydrogens (tertiary/aromatic N) is 5. The Morgan fingerprint density at radius 1 is 1.20 bits per heavy atom. The average Bonchev–Trinajstić information content (AvgIpc) is 3.33. The Balaban J connectivity index is 0.00000101. The predicted octanol–water partition coefficient (Wildman–Crippen LogP) is 3.88. The maximum absolute atomic E-state index is 13.0. The van der Waals surface area contributed by atoms with E-state index in [0.29, 0.717) is 11.5 Å². The van der Waals surface area contributed by atoms with Gasteiger partial charge in [-0.2, -0.15) is 9.36 Å². The number of thiazole rings is 1. The lowest BCUT2D eigenvalue weighted by atomic mass is 10.1. The third-order valence-corrected chi connectivity index (χ3v) is 6.06. The van der Waals surface area contributed by atoms with Crippen LogP contribution in [0.3, 0.4) is 0 Å². The van der Waals surface area contributed by atoms with Crippen LogP contribution in [0.15, 0.2) is 24.3 Å². The second-order valence-corrected chi connectivity index (χ2v) is 8.91. The van der Waals surface area contributed by atoms with E-state index in [1.54, 1.807) is 16.2 Å². The highest BCUT2D eigenvalue weighted by atomic mass is 32.1. The first-order valence-electron chi connectivity index (χ1n) is 9.10. The Kier molecular flexibility index (Phi) is 8.01. The SMILES string of the molecule is Cc1nc(C(C)N(C)C(=O)c2cccc(-c3nc(N(C)C)ns3)c2)c(C)s1.O=CO. The van der Waals surface area contributed by atoms with Gasteiger partial charge in [-0.15, -0.1) is 11.3 Å². The molecule has 2 aromatic heterocycles. The molecule has 1 aromatic carbocycles. The maximum Gasteiger partial charge on any atom is 0.290 e. The van der Waals surface area contributed by atoms with Crippen LogP contribution in [0.1, 0.15) is 38.9 Å². The van der Waals surface area contributed by atoms with E-state index in [4.69, 9.17) is 9.90 Å². The molecule has 0 aliphatic heterocycles. The van der Waals surface area contributed by atoms with E-state index in [1.807, 2.05) is 71.1 Å². The minimum Gasteiger partial charge on any atom is -0.483 e. The highest BCUT2D eigenvalue weighted by molar-refractivity contribution is 7.11. The lowest BCUT2D eigenvalue weighted by Crippen LogP contribution is -2.30. The largest absolute Gasteiger partial charge is 0.483 e. The number of aromatic nitrogens is 3. The van der Waals surface area contributed by atoms with Crippen molar-refractivity contribution in [2.75, 3.05) is 26.0 Å². The number of hydrogen-bond acceptors (Lipinski definition) is 8. The highest BCUT2D eigenvalue weighted by Gasteiger charge is 2.23. The molecule has 160 valence electrons. The van der Waals surface area contributed by atoms with Gasteiger partial charge in [0.25, 0.3) is 12.4 Å². The molecule has 0 saturated heterocycles. The van der Waals surface area contributed by atoms with Gasteiger partial charge in [-0.3, -0.25) is 9.59 Å². The van der Waals surface area contributed by atoms with Crippen LogP contribution in [0.2, 0.25) is 0 Å². The molecule has 0 radical (unpaired) electrons. The summed E-state index contributed by atoms with van der Waals surface area (Å²) in [6, 6.07) is 7.46. The first-order chi connectivity index (χ1) is 14.2. The summed E-state index contributed by atoms with van der Waals surface area (Å²) in [5, 5.41) is 8.71. The van der Waals surface area contributed by atoms with Gasteiger partial charge >= 0.3 is 0 Å². The summed E-state index contributed by atoms with van der Waals surface area (Å²) >= 11 is 2.99. The van der Waals surface area contributed by atoms with Crippen molar-refractivity contribution in [3.63, 3.8) is 0 Å². The van der Waals surface area contributed by atoms with Crippen LogP contribution in [0, 0.1) is 13.8 Å². The Hall–Kier alpha value is -2.85. The van der Waals surface area contributed by atoms with Crippen molar-refractivity contribution in [1.82, 2.24) is 19.2 Å². The molecule has 1 unspecified atom stereocenters. The molecular weight excluding hydrogens is 422 g/mol. The number of carbonyl (C=O) groups excluding carboxylic acids is 1. The second kappa shape index (κ2) is 10.3. The van der Waals surface area contributed by atoms with E-state index in [0.717, 1.165) is 26.1 Å². The van der Waals surface area contributed by atoms with E-state index in [2.05, 4.69) is 14.3 Å². The Morgan fingerprint density at radius 3 is 2.40 bits per heavy atom. The van der Waals surface area contributed by atoms with E-state index in [9.17, 15) is 4.79 Å². The van der Waals surface area contributed by atoms with Crippen LogP contribution < -0.4 is 4.90 Å². The van der Waals surface area contributed by atoms with Crippen molar-refractivity contribution in [3.8, 4) is 10.6 Å². The van der Waals surface area contributed by atoms with Gasteiger partial charge in [0.1, 0.15) is 5.01 Å². The van der Waals surface area contributed by atoms with E-state index < -0.39 is 0 Å². The Morgan fingerprint density at radius 2 is 1.87 bits per heavy atom. The van der Waals surface area contributed by atoms with Crippen LogP contribution in [0.5, 0.6) is 0 Å². The molecule has 0 bridgehead atoms. The van der Waals surface area contributed by atoms with Gasteiger partial charge in [0, 0.05) is 37.1 Å². The number of anilines is 1. The summed E-state index contributed by atoms with van der Waals surface area (Å²) < 4.78 is 4.34. The molecular formula is C20H25N5O3S2. The zero-order valence-electron chi connectivity index (χ0n) is 17.8. The third kappa shape index (κ3) is 5.39. The van der Waals surface area contributed by atoms with E-state index in [1.165, 1.54) is 11.5 Å². The van der Waals surface area contributed by atoms with Crippen LogP contribution in [0.4, 0.5) is 5.95 Å². The summed E-state index contributed by atoms with van der Waals surface area (Å²) in [6.07, 6.45) is 0. The standard InChI is InChI=1S/C19H23N5OS2.CH2O2/c1-11(16-12(2)26-13(3)20-16)24(6)18(25)15-9-7-8-14(10-15)17-21-19(22-27-17)23(4)5;2-1-3/h7-11H,1-6H3;1H,(H,2,3).